The summed E-state index contributed by atoms with van der Waals surface area (Å²) in [5.74, 6) is -0.334. The Morgan fingerprint density at radius 3 is 2.07 bits per heavy atom. The average molecular weight is 387 g/mol. The lowest BCUT2D eigenvalue weighted by molar-refractivity contribution is -0.142. The Hall–Kier alpha value is -3.21. The van der Waals surface area contributed by atoms with Crippen LogP contribution in [0.15, 0.2) is 66.7 Å². The molecule has 0 radical (unpaired) electrons. The van der Waals surface area contributed by atoms with Gasteiger partial charge in [0.05, 0.1) is 18.3 Å². The molecule has 0 aromatic heterocycles. The number of rotatable bonds is 5. The number of imide groups is 1. The zero-order chi connectivity index (χ0) is 20.0. The first-order valence-corrected chi connectivity index (χ1v) is 10.0. The van der Waals surface area contributed by atoms with Crippen molar-refractivity contribution in [1.82, 2.24) is 4.90 Å². The van der Waals surface area contributed by atoms with E-state index < -0.39 is 5.97 Å². The highest BCUT2D eigenvalue weighted by Gasteiger charge is 2.59. The van der Waals surface area contributed by atoms with Crippen LogP contribution < -0.4 is 4.74 Å². The van der Waals surface area contributed by atoms with Crippen LogP contribution in [0, 0.1) is 23.7 Å². The molecule has 1 saturated heterocycles. The molecule has 2 aromatic rings. The normalized spacial score (nSPS) is 26.8. The Bertz CT molecular complexity index is 965. The standard InChI is InChI=1S/C24H21NO4/c26-20(29-19-10-8-16(9-11-19)15-4-2-1-3-5-15)12-13-25-23(27)21-17-6-7-18(14-17)22(21)24(25)28/h1-11,17-18,21-22H,12-14H2/t17-,18-,21+,22+/m1/s1. The van der Waals surface area contributed by atoms with Gasteiger partial charge in [-0.1, -0.05) is 54.6 Å². The molecule has 0 unspecified atom stereocenters. The molecule has 3 aliphatic rings. The summed E-state index contributed by atoms with van der Waals surface area (Å²) in [7, 11) is 0. The number of fused-ring (bicyclic) bond motifs is 5. The number of hydrogen-bond acceptors (Lipinski definition) is 4. The van der Waals surface area contributed by atoms with E-state index in [0.29, 0.717) is 5.75 Å². The first-order chi connectivity index (χ1) is 14.1. The lowest BCUT2D eigenvalue weighted by Gasteiger charge is -2.16. The van der Waals surface area contributed by atoms with Gasteiger partial charge in [-0.3, -0.25) is 19.3 Å². The van der Waals surface area contributed by atoms with Crippen LogP contribution in [0.2, 0.25) is 0 Å². The van der Waals surface area contributed by atoms with Crippen LogP contribution in [0.1, 0.15) is 12.8 Å². The van der Waals surface area contributed by atoms with Crippen LogP contribution in [0.3, 0.4) is 0 Å². The van der Waals surface area contributed by atoms with Crippen molar-refractivity contribution in [1.29, 1.82) is 0 Å². The molecular formula is C24H21NO4. The first kappa shape index (κ1) is 17.9. The number of likely N-dealkylation sites (tertiary alicyclic amines) is 1. The fraction of sp³-hybridized carbons (Fsp3) is 0.292. The summed E-state index contributed by atoms with van der Waals surface area (Å²) in [5.41, 5.74) is 2.12. The van der Waals surface area contributed by atoms with E-state index in [9.17, 15) is 14.4 Å². The number of hydrogen-bond donors (Lipinski definition) is 0. The number of esters is 1. The molecule has 1 heterocycles. The van der Waals surface area contributed by atoms with Gasteiger partial charge in [0, 0.05) is 6.54 Å². The number of ether oxygens (including phenoxy) is 1. The molecule has 29 heavy (non-hydrogen) atoms. The first-order valence-electron chi connectivity index (χ1n) is 10.0. The SMILES string of the molecule is O=C(CCN1C(=O)[C@@H]2[C@@H](C1=O)[C@@H]1C=C[C@@H]2C1)Oc1ccc(-c2ccccc2)cc1. The minimum atomic E-state index is -0.448. The van der Waals surface area contributed by atoms with Crippen LogP contribution in [0.5, 0.6) is 5.75 Å². The summed E-state index contributed by atoms with van der Waals surface area (Å²) >= 11 is 0. The lowest BCUT2D eigenvalue weighted by atomic mass is 9.85. The van der Waals surface area contributed by atoms with Crippen molar-refractivity contribution in [2.24, 2.45) is 23.7 Å². The lowest BCUT2D eigenvalue weighted by Crippen LogP contribution is -2.35. The van der Waals surface area contributed by atoms with Gasteiger partial charge in [-0.15, -0.1) is 0 Å². The topological polar surface area (TPSA) is 63.7 Å². The molecule has 2 fully saturated rings. The number of nitrogens with zero attached hydrogens (tertiary/aromatic N) is 1. The molecule has 2 bridgehead atoms. The predicted molar refractivity (Wildman–Crippen MR) is 107 cm³/mol. The maximum Gasteiger partial charge on any atom is 0.312 e. The Labute approximate surface area is 169 Å². The van der Waals surface area contributed by atoms with Crippen molar-refractivity contribution in [3.63, 3.8) is 0 Å². The summed E-state index contributed by atoms with van der Waals surface area (Å²) in [5, 5.41) is 0. The van der Waals surface area contributed by atoms with Crippen LogP contribution in [-0.2, 0) is 14.4 Å². The zero-order valence-electron chi connectivity index (χ0n) is 15.9. The van der Waals surface area contributed by atoms with Crippen molar-refractivity contribution in [2.45, 2.75) is 12.8 Å². The molecule has 5 nitrogen and oxygen atoms in total. The van der Waals surface area contributed by atoms with E-state index in [2.05, 4.69) is 12.2 Å². The van der Waals surface area contributed by atoms with E-state index in [1.165, 1.54) is 4.90 Å². The van der Waals surface area contributed by atoms with Gasteiger partial charge in [0.1, 0.15) is 5.75 Å². The number of amides is 2. The molecule has 5 rings (SSSR count). The van der Waals surface area contributed by atoms with E-state index in [-0.39, 0.29) is 48.5 Å². The predicted octanol–water partition coefficient (Wildman–Crippen LogP) is 3.46. The van der Waals surface area contributed by atoms with Crippen LogP contribution >= 0.6 is 0 Å². The Morgan fingerprint density at radius 2 is 1.45 bits per heavy atom. The zero-order valence-corrected chi connectivity index (χ0v) is 15.9. The van der Waals surface area contributed by atoms with E-state index in [0.717, 1.165) is 17.5 Å². The van der Waals surface area contributed by atoms with Gasteiger partial charge in [0.15, 0.2) is 0 Å². The maximum absolute atomic E-state index is 12.6. The van der Waals surface area contributed by atoms with Crippen LogP contribution in [0.4, 0.5) is 0 Å². The van der Waals surface area contributed by atoms with Crippen molar-refractivity contribution >= 4 is 17.8 Å². The molecule has 4 atom stereocenters. The third-order valence-electron chi connectivity index (χ3n) is 6.29. The Morgan fingerprint density at radius 1 is 0.862 bits per heavy atom. The summed E-state index contributed by atoms with van der Waals surface area (Å²) < 4.78 is 5.38. The van der Waals surface area contributed by atoms with Gasteiger partial charge in [-0.25, -0.2) is 0 Å². The Kier molecular flexibility index (Phi) is 4.31. The molecule has 0 spiro atoms. The summed E-state index contributed by atoms with van der Waals surface area (Å²) in [6.45, 7) is 0.0883. The van der Waals surface area contributed by atoms with Crippen molar-refractivity contribution < 1.29 is 19.1 Å². The fourth-order valence-corrected chi connectivity index (χ4v) is 4.92. The largest absolute Gasteiger partial charge is 0.426 e. The summed E-state index contributed by atoms with van der Waals surface area (Å²) in [4.78, 5) is 38.8. The second-order valence-electron chi connectivity index (χ2n) is 7.94. The van der Waals surface area contributed by atoms with Gasteiger partial charge in [0.2, 0.25) is 11.8 Å². The number of carbonyl (C=O) groups excluding carboxylic acids is 3. The van der Waals surface area contributed by atoms with Gasteiger partial charge < -0.3 is 4.74 Å². The minimum absolute atomic E-state index is 0.000118. The molecule has 0 N–H and O–H groups in total. The highest BCUT2D eigenvalue weighted by atomic mass is 16.5. The van der Waals surface area contributed by atoms with E-state index in [4.69, 9.17) is 4.74 Å². The molecular weight excluding hydrogens is 366 g/mol. The van der Waals surface area contributed by atoms with Crippen LogP contribution in [-0.4, -0.2) is 29.2 Å². The number of carbonyl (C=O) groups is 3. The summed E-state index contributed by atoms with van der Waals surface area (Å²) in [6.07, 6.45) is 5.03. The van der Waals surface area contributed by atoms with E-state index in [1.54, 1.807) is 12.1 Å². The molecule has 1 aliphatic heterocycles. The molecule has 5 heteroatoms. The number of allylic oxidation sites excluding steroid dienone is 2. The molecule has 2 amide bonds. The van der Waals surface area contributed by atoms with Gasteiger partial charge in [0.25, 0.3) is 0 Å². The molecule has 146 valence electrons. The van der Waals surface area contributed by atoms with Gasteiger partial charge in [-0.05, 0) is 41.5 Å². The van der Waals surface area contributed by atoms with Crippen molar-refractivity contribution in [2.75, 3.05) is 6.54 Å². The van der Waals surface area contributed by atoms with E-state index in [1.807, 2.05) is 42.5 Å². The van der Waals surface area contributed by atoms with Gasteiger partial charge in [-0.2, -0.15) is 0 Å². The second-order valence-corrected chi connectivity index (χ2v) is 7.94. The third-order valence-corrected chi connectivity index (χ3v) is 6.29. The monoisotopic (exact) mass is 387 g/mol. The number of benzene rings is 2. The third kappa shape index (κ3) is 3.07. The Balaban J connectivity index is 1.18. The molecule has 2 aliphatic carbocycles. The van der Waals surface area contributed by atoms with Crippen molar-refractivity contribution in [3.05, 3.63) is 66.7 Å². The summed E-state index contributed by atoms with van der Waals surface area (Å²) in [6, 6.07) is 17.2. The smallest absolute Gasteiger partial charge is 0.312 e. The molecule has 2 aromatic carbocycles. The second kappa shape index (κ2) is 6.99. The maximum atomic E-state index is 12.6. The average Bonchev–Trinajstić information content (AvgIpc) is 3.42. The minimum Gasteiger partial charge on any atom is -0.426 e. The highest BCUT2D eigenvalue weighted by Crippen LogP contribution is 2.52. The van der Waals surface area contributed by atoms with Crippen LogP contribution in [0.25, 0.3) is 11.1 Å². The van der Waals surface area contributed by atoms with Gasteiger partial charge >= 0.3 is 5.97 Å². The quantitative estimate of drug-likeness (QED) is 0.341. The fourth-order valence-electron chi connectivity index (χ4n) is 4.92. The van der Waals surface area contributed by atoms with E-state index >= 15 is 0 Å². The molecule has 1 saturated carbocycles. The van der Waals surface area contributed by atoms with Crippen molar-refractivity contribution in [3.8, 4) is 16.9 Å². The highest BCUT2D eigenvalue weighted by molar-refractivity contribution is 6.06.